The molecule has 0 aromatic heterocycles. The van der Waals surface area contributed by atoms with Crippen LogP contribution in [0.15, 0.2) is 71.9 Å². The molecule has 5 aliphatic rings. The number of nitrogens with one attached hydrogen (secondary N) is 3. The molecule has 6 rings (SSSR count). The van der Waals surface area contributed by atoms with Crippen LogP contribution < -0.4 is 16.0 Å². The van der Waals surface area contributed by atoms with Crippen molar-refractivity contribution in [2.75, 3.05) is 52.4 Å². The summed E-state index contributed by atoms with van der Waals surface area (Å²) in [5.41, 5.74) is 4.51. The number of hydrogen-bond acceptors (Lipinski definition) is 7. The van der Waals surface area contributed by atoms with E-state index in [1.54, 1.807) is 0 Å². The minimum atomic E-state index is -0.715. The van der Waals surface area contributed by atoms with E-state index in [2.05, 4.69) is 81.6 Å². The molecule has 55 heavy (non-hydrogen) atoms. The molecule has 0 spiro atoms. The Hall–Kier alpha value is -3.57. The van der Waals surface area contributed by atoms with Gasteiger partial charge in [-0.15, -0.1) is 0 Å². The monoisotopic (exact) mass is 756 g/mol. The van der Waals surface area contributed by atoms with Gasteiger partial charge in [-0.25, -0.2) is 0 Å². The van der Waals surface area contributed by atoms with Crippen molar-refractivity contribution in [1.82, 2.24) is 20.9 Å². The first-order valence-electron chi connectivity index (χ1n) is 21.1. The third kappa shape index (κ3) is 12.2. The Morgan fingerprint density at radius 2 is 1.11 bits per heavy atom. The molecule has 10 heteroatoms. The van der Waals surface area contributed by atoms with Crippen molar-refractivity contribution in [3.8, 4) is 0 Å². The summed E-state index contributed by atoms with van der Waals surface area (Å²) in [6.45, 7) is 7.44. The number of hydrogen-bond donors (Lipinski definition) is 6. The van der Waals surface area contributed by atoms with E-state index in [1.807, 2.05) is 0 Å². The van der Waals surface area contributed by atoms with Crippen LogP contribution in [0.1, 0.15) is 75.3 Å². The Morgan fingerprint density at radius 1 is 0.618 bits per heavy atom. The number of carboxylic acids is 3. The summed E-state index contributed by atoms with van der Waals surface area (Å²) in [7, 11) is 0. The Kier molecular flexibility index (Phi) is 15.3. The van der Waals surface area contributed by atoms with Crippen molar-refractivity contribution in [3.05, 3.63) is 83.0 Å². The zero-order valence-corrected chi connectivity index (χ0v) is 32.5. The molecular formula is C45H64N4O6. The second-order valence-electron chi connectivity index (χ2n) is 17.0. The van der Waals surface area contributed by atoms with Crippen molar-refractivity contribution >= 4 is 17.9 Å². The molecule has 2 aliphatic carbocycles. The molecule has 0 saturated carbocycles. The van der Waals surface area contributed by atoms with Gasteiger partial charge in [0, 0.05) is 19.6 Å². The van der Waals surface area contributed by atoms with Crippen molar-refractivity contribution in [3.63, 3.8) is 0 Å². The van der Waals surface area contributed by atoms with E-state index in [4.69, 9.17) is 0 Å². The van der Waals surface area contributed by atoms with Gasteiger partial charge in [-0.3, -0.25) is 19.3 Å². The topological polar surface area (TPSA) is 151 Å². The first kappa shape index (κ1) is 41.1. The highest BCUT2D eigenvalue weighted by atomic mass is 16.4. The van der Waals surface area contributed by atoms with Crippen LogP contribution in [0.25, 0.3) is 0 Å². The van der Waals surface area contributed by atoms with Gasteiger partial charge >= 0.3 is 17.9 Å². The predicted molar refractivity (Wildman–Crippen MR) is 215 cm³/mol. The van der Waals surface area contributed by atoms with E-state index >= 15 is 0 Å². The number of nitrogens with zero attached hydrogens (tertiary/aromatic N) is 1. The highest BCUT2D eigenvalue weighted by Crippen LogP contribution is 2.34. The van der Waals surface area contributed by atoms with Crippen LogP contribution in [0.2, 0.25) is 0 Å². The first-order valence-corrected chi connectivity index (χ1v) is 21.1. The van der Waals surface area contributed by atoms with Gasteiger partial charge in [0.2, 0.25) is 0 Å². The number of carbonyl (C=O) groups is 3. The van der Waals surface area contributed by atoms with Crippen LogP contribution in [0, 0.1) is 47.3 Å². The number of piperidine rings is 3. The summed E-state index contributed by atoms with van der Waals surface area (Å²) in [4.78, 5) is 39.8. The van der Waals surface area contributed by atoms with Crippen LogP contribution in [-0.2, 0) is 27.3 Å². The Bertz CT molecular complexity index is 1570. The number of carboxylic acid groups (broad SMARTS) is 3. The summed E-state index contributed by atoms with van der Waals surface area (Å²) in [5.74, 6) is -2.27. The zero-order valence-electron chi connectivity index (χ0n) is 32.5. The van der Waals surface area contributed by atoms with Gasteiger partial charge in [0.05, 0.1) is 17.8 Å². The van der Waals surface area contributed by atoms with Gasteiger partial charge in [-0.2, -0.15) is 0 Å². The first-order chi connectivity index (χ1) is 26.7. The molecule has 3 saturated heterocycles. The Balaban J connectivity index is 1.19. The lowest BCUT2D eigenvalue weighted by Crippen LogP contribution is -2.36. The summed E-state index contributed by atoms with van der Waals surface area (Å²) < 4.78 is 0. The van der Waals surface area contributed by atoms with Crippen LogP contribution >= 0.6 is 0 Å². The van der Waals surface area contributed by atoms with Crippen LogP contribution in [0.4, 0.5) is 0 Å². The van der Waals surface area contributed by atoms with E-state index in [0.29, 0.717) is 32.4 Å². The molecule has 2 unspecified atom stereocenters. The third-order valence-corrected chi connectivity index (χ3v) is 13.0. The summed E-state index contributed by atoms with van der Waals surface area (Å²) in [6, 6.07) is 8.44. The maximum absolute atomic E-state index is 12.4. The second kappa shape index (κ2) is 20.6. The standard InChI is InChI=1S/C45H64N4O6/c50-43(51)40(37-10-16-46-17-11-37)25-31-4-1-7-34(22-31)28-49(29-35-8-2-5-32(23-35)26-41(44(52)53)38-12-18-47-19-13-38)30-36-9-3-6-33(24-36)27-42(45(54)55)39-14-20-48-21-15-39/h1-5,7,9,22-24,33,35,37-42,46-48H,6,8,10-21,25-30H2,(H,50,51)(H,52,53)(H,54,55)/t33?,35?,40-,41-,42-/m0/s1. The molecule has 0 bridgehead atoms. The lowest BCUT2D eigenvalue weighted by Gasteiger charge is -2.32. The molecular weight excluding hydrogens is 693 g/mol. The molecule has 3 aliphatic heterocycles. The largest absolute Gasteiger partial charge is 0.481 e. The minimum Gasteiger partial charge on any atom is -0.481 e. The molecule has 3 heterocycles. The summed E-state index contributed by atoms with van der Waals surface area (Å²) >= 11 is 0. The maximum atomic E-state index is 12.4. The molecule has 0 radical (unpaired) electrons. The fourth-order valence-corrected chi connectivity index (χ4v) is 10.0. The number of allylic oxidation sites excluding steroid dienone is 5. The number of aliphatic carboxylic acids is 3. The van der Waals surface area contributed by atoms with Gasteiger partial charge in [0.15, 0.2) is 0 Å². The summed E-state index contributed by atoms with van der Waals surface area (Å²) in [5, 5.41) is 40.7. The molecule has 300 valence electrons. The maximum Gasteiger partial charge on any atom is 0.307 e. The molecule has 10 nitrogen and oxygen atoms in total. The SMILES string of the molecule is O=C(O)[C@@H](CC1=CC(CN(CC2=CC(C[C@H](C(=O)O)C3CCNCC3)CC=C2)Cc2cccc(C[C@H](C(=O)O)C3CCNCC3)c2)CC=C1)C1CCNCC1. The molecule has 3 fully saturated rings. The molecule has 0 amide bonds. The molecule has 1 aromatic carbocycles. The van der Waals surface area contributed by atoms with E-state index in [1.165, 1.54) is 5.57 Å². The van der Waals surface area contributed by atoms with E-state index in [-0.39, 0.29) is 41.4 Å². The Labute approximate surface area is 327 Å². The normalized spacial score (nSPS) is 24.5. The van der Waals surface area contributed by atoms with Crippen LogP contribution in [-0.4, -0.2) is 90.5 Å². The van der Waals surface area contributed by atoms with Crippen LogP contribution in [0.3, 0.4) is 0 Å². The number of rotatable bonds is 18. The van der Waals surface area contributed by atoms with Crippen molar-refractivity contribution in [2.45, 2.75) is 77.2 Å². The van der Waals surface area contributed by atoms with Gasteiger partial charge in [0.25, 0.3) is 0 Å². The summed E-state index contributed by atoms with van der Waals surface area (Å²) in [6.07, 6.45) is 22.2. The second-order valence-corrected chi connectivity index (χ2v) is 17.0. The van der Waals surface area contributed by atoms with Crippen molar-refractivity contribution < 1.29 is 29.7 Å². The molecule has 6 N–H and O–H groups in total. The van der Waals surface area contributed by atoms with Gasteiger partial charge in [0.1, 0.15) is 0 Å². The van der Waals surface area contributed by atoms with Gasteiger partial charge < -0.3 is 31.3 Å². The highest BCUT2D eigenvalue weighted by Gasteiger charge is 2.33. The van der Waals surface area contributed by atoms with E-state index in [9.17, 15) is 29.7 Å². The molecule has 1 aromatic rings. The van der Waals surface area contributed by atoms with E-state index in [0.717, 1.165) is 114 Å². The van der Waals surface area contributed by atoms with Crippen molar-refractivity contribution in [2.24, 2.45) is 47.3 Å². The van der Waals surface area contributed by atoms with Gasteiger partial charge in [-0.1, -0.05) is 66.3 Å². The fourth-order valence-electron chi connectivity index (χ4n) is 10.0. The third-order valence-electron chi connectivity index (χ3n) is 13.0. The predicted octanol–water partition coefficient (Wildman–Crippen LogP) is 5.92. The lowest BCUT2D eigenvalue weighted by atomic mass is 9.77. The van der Waals surface area contributed by atoms with Crippen LogP contribution in [0.5, 0.6) is 0 Å². The highest BCUT2D eigenvalue weighted by molar-refractivity contribution is 5.71. The smallest absolute Gasteiger partial charge is 0.307 e. The fraction of sp³-hybridized carbons (Fsp3) is 0.622. The minimum absolute atomic E-state index is 0.170. The lowest BCUT2D eigenvalue weighted by molar-refractivity contribution is -0.145. The average Bonchev–Trinajstić information content (AvgIpc) is 3.19. The van der Waals surface area contributed by atoms with E-state index < -0.39 is 23.8 Å². The average molecular weight is 757 g/mol. The van der Waals surface area contributed by atoms with Crippen molar-refractivity contribution in [1.29, 1.82) is 0 Å². The quantitative estimate of drug-likeness (QED) is 0.107. The Morgan fingerprint density at radius 3 is 1.69 bits per heavy atom. The zero-order chi connectivity index (χ0) is 38.6. The number of benzene rings is 1. The van der Waals surface area contributed by atoms with Gasteiger partial charge in [-0.05, 0) is 156 Å². The molecule has 5 atom stereocenters.